The summed E-state index contributed by atoms with van der Waals surface area (Å²) in [5, 5.41) is 2.62. The molecule has 0 unspecified atom stereocenters. The van der Waals surface area contributed by atoms with Gasteiger partial charge in [0.05, 0.1) is 0 Å². The van der Waals surface area contributed by atoms with Crippen LogP contribution in [0.2, 0.25) is 0 Å². The number of ketones is 1. The number of Topliss-reactive ketones (excluding diaryl/α,β-unsaturated/α-hetero) is 1. The molecular formula is C21H17NO5. The van der Waals surface area contributed by atoms with Gasteiger partial charge in [-0.1, -0.05) is 42.5 Å². The minimum absolute atomic E-state index is 0.00634. The largest absolute Gasteiger partial charge is 0.450 e. The predicted octanol–water partition coefficient (Wildman–Crippen LogP) is 3.94. The van der Waals surface area contributed by atoms with Crippen molar-refractivity contribution in [2.24, 2.45) is 0 Å². The highest BCUT2D eigenvalue weighted by Gasteiger charge is 2.15. The van der Waals surface area contributed by atoms with Crippen LogP contribution in [0.25, 0.3) is 11.3 Å². The minimum Gasteiger partial charge on any atom is -0.450 e. The summed E-state index contributed by atoms with van der Waals surface area (Å²) in [4.78, 5) is 35.2. The summed E-state index contributed by atoms with van der Waals surface area (Å²) in [5.41, 5.74) is 1.93. The van der Waals surface area contributed by atoms with Gasteiger partial charge in [-0.25, -0.2) is 4.79 Å². The molecule has 1 aromatic heterocycles. The minimum atomic E-state index is -0.732. The molecule has 0 bridgehead atoms. The Morgan fingerprint density at radius 2 is 1.63 bits per heavy atom. The lowest BCUT2D eigenvalue weighted by molar-refractivity contribution is -0.119. The fraction of sp³-hybridized carbons (Fsp3) is 0.0952. The maximum absolute atomic E-state index is 12.0. The second kappa shape index (κ2) is 8.14. The molecule has 3 aromatic rings. The normalized spacial score (nSPS) is 10.3. The standard InChI is InChI=1S/C21H17NO5/c1-14(23)15-7-9-16(10-8-15)18-11-12-19(27-18)21(25)26-13-20(24)22-17-5-3-2-4-6-17/h2-12H,13H2,1H3,(H,22,24). The van der Waals surface area contributed by atoms with Gasteiger partial charge in [0.2, 0.25) is 5.76 Å². The van der Waals surface area contributed by atoms with Gasteiger partial charge in [0, 0.05) is 16.8 Å². The highest BCUT2D eigenvalue weighted by atomic mass is 16.5. The first kappa shape index (κ1) is 18.1. The molecule has 136 valence electrons. The zero-order valence-corrected chi connectivity index (χ0v) is 14.6. The summed E-state index contributed by atoms with van der Waals surface area (Å²) < 4.78 is 10.5. The SMILES string of the molecule is CC(=O)c1ccc(-c2ccc(C(=O)OCC(=O)Nc3ccccc3)o2)cc1. The Morgan fingerprint density at radius 1 is 0.926 bits per heavy atom. The second-order valence-electron chi connectivity index (χ2n) is 5.79. The van der Waals surface area contributed by atoms with Gasteiger partial charge >= 0.3 is 5.97 Å². The number of carbonyl (C=O) groups is 3. The van der Waals surface area contributed by atoms with E-state index in [1.165, 1.54) is 13.0 Å². The van der Waals surface area contributed by atoms with Gasteiger partial charge in [-0.15, -0.1) is 0 Å². The Kier molecular flexibility index (Phi) is 5.47. The van der Waals surface area contributed by atoms with E-state index >= 15 is 0 Å². The van der Waals surface area contributed by atoms with E-state index in [1.807, 2.05) is 6.07 Å². The zero-order valence-electron chi connectivity index (χ0n) is 14.6. The molecule has 2 aromatic carbocycles. The molecule has 0 fully saturated rings. The summed E-state index contributed by atoms with van der Waals surface area (Å²) in [5.74, 6) is -0.746. The molecule has 27 heavy (non-hydrogen) atoms. The van der Waals surface area contributed by atoms with E-state index in [9.17, 15) is 14.4 Å². The molecule has 0 radical (unpaired) electrons. The number of benzene rings is 2. The first-order valence-corrected chi connectivity index (χ1v) is 8.26. The Hall–Kier alpha value is -3.67. The highest BCUT2D eigenvalue weighted by Crippen LogP contribution is 2.23. The van der Waals surface area contributed by atoms with Gasteiger partial charge < -0.3 is 14.5 Å². The van der Waals surface area contributed by atoms with Crippen LogP contribution in [0, 0.1) is 0 Å². The molecule has 1 heterocycles. The number of esters is 1. The van der Waals surface area contributed by atoms with Crippen molar-refractivity contribution in [2.75, 3.05) is 11.9 Å². The lowest BCUT2D eigenvalue weighted by atomic mass is 10.1. The summed E-state index contributed by atoms with van der Waals surface area (Å²) in [7, 11) is 0. The Labute approximate surface area is 155 Å². The number of anilines is 1. The van der Waals surface area contributed by atoms with E-state index in [1.54, 1.807) is 54.6 Å². The van der Waals surface area contributed by atoms with Crippen LogP contribution < -0.4 is 5.32 Å². The van der Waals surface area contributed by atoms with E-state index in [0.717, 1.165) is 5.56 Å². The van der Waals surface area contributed by atoms with Crippen LogP contribution in [0.3, 0.4) is 0 Å². The molecule has 3 rings (SSSR count). The number of hydrogen-bond donors (Lipinski definition) is 1. The third kappa shape index (κ3) is 4.70. The second-order valence-corrected chi connectivity index (χ2v) is 5.79. The van der Waals surface area contributed by atoms with Crippen LogP contribution in [-0.2, 0) is 9.53 Å². The first-order valence-electron chi connectivity index (χ1n) is 8.26. The number of ether oxygens (including phenoxy) is 1. The van der Waals surface area contributed by atoms with Gasteiger partial charge in [0.15, 0.2) is 12.4 Å². The van der Waals surface area contributed by atoms with Crippen molar-refractivity contribution in [3.05, 3.63) is 78.1 Å². The zero-order chi connectivity index (χ0) is 19.2. The monoisotopic (exact) mass is 363 g/mol. The lowest BCUT2D eigenvalue weighted by Gasteiger charge is -2.05. The van der Waals surface area contributed by atoms with Crippen molar-refractivity contribution in [2.45, 2.75) is 6.92 Å². The fourth-order valence-electron chi connectivity index (χ4n) is 2.39. The molecule has 1 amide bonds. The van der Waals surface area contributed by atoms with E-state index < -0.39 is 18.5 Å². The van der Waals surface area contributed by atoms with Crippen LogP contribution >= 0.6 is 0 Å². The third-order valence-corrected chi connectivity index (χ3v) is 3.78. The fourth-order valence-corrected chi connectivity index (χ4v) is 2.39. The van der Waals surface area contributed by atoms with Crippen molar-refractivity contribution in [3.8, 4) is 11.3 Å². The maximum atomic E-state index is 12.0. The topological polar surface area (TPSA) is 85.6 Å². The number of para-hydroxylation sites is 1. The number of rotatable bonds is 6. The van der Waals surface area contributed by atoms with Crippen molar-refractivity contribution in [1.82, 2.24) is 0 Å². The average Bonchev–Trinajstić information content (AvgIpc) is 3.17. The Balaban J connectivity index is 1.58. The van der Waals surface area contributed by atoms with Crippen molar-refractivity contribution in [3.63, 3.8) is 0 Å². The molecule has 0 spiro atoms. The van der Waals surface area contributed by atoms with Crippen LogP contribution in [0.5, 0.6) is 0 Å². The number of hydrogen-bond acceptors (Lipinski definition) is 5. The average molecular weight is 363 g/mol. The summed E-state index contributed by atoms with van der Waals surface area (Å²) in [6.45, 7) is 1.07. The molecule has 0 saturated heterocycles. The van der Waals surface area contributed by atoms with E-state index in [-0.39, 0.29) is 11.5 Å². The molecule has 0 aliphatic heterocycles. The van der Waals surface area contributed by atoms with E-state index in [0.29, 0.717) is 17.0 Å². The smallest absolute Gasteiger partial charge is 0.374 e. The number of carbonyl (C=O) groups excluding carboxylic acids is 3. The molecule has 6 nitrogen and oxygen atoms in total. The van der Waals surface area contributed by atoms with E-state index in [4.69, 9.17) is 9.15 Å². The van der Waals surface area contributed by atoms with Gasteiger partial charge in [-0.2, -0.15) is 0 Å². The molecule has 6 heteroatoms. The Morgan fingerprint density at radius 3 is 2.30 bits per heavy atom. The number of nitrogens with one attached hydrogen (secondary N) is 1. The molecule has 1 N–H and O–H groups in total. The van der Waals surface area contributed by atoms with Crippen molar-refractivity contribution >= 4 is 23.3 Å². The quantitative estimate of drug-likeness (QED) is 0.529. The van der Waals surface area contributed by atoms with Crippen LogP contribution in [0.1, 0.15) is 27.8 Å². The van der Waals surface area contributed by atoms with Crippen LogP contribution in [0.15, 0.2) is 71.1 Å². The van der Waals surface area contributed by atoms with Gasteiger partial charge in [-0.05, 0) is 31.2 Å². The van der Waals surface area contributed by atoms with E-state index in [2.05, 4.69) is 5.32 Å². The van der Waals surface area contributed by atoms with Crippen LogP contribution in [-0.4, -0.2) is 24.3 Å². The summed E-state index contributed by atoms with van der Waals surface area (Å²) in [6, 6.07) is 18.8. The lowest BCUT2D eigenvalue weighted by Crippen LogP contribution is -2.20. The third-order valence-electron chi connectivity index (χ3n) is 3.78. The molecule has 0 atom stereocenters. The van der Waals surface area contributed by atoms with Gasteiger partial charge in [0.25, 0.3) is 5.91 Å². The number of amides is 1. The number of furan rings is 1. The summed E-state index contributed by atoms with van der Waals surface area (Å²) in [6.07, 6.45) is 0. The molecule has 0 saturated carbocycles. The first-order chi connectivity index (χ1) is 13.0. The summed E-state index contributed by atoms with van der Waals surface area (Å²) >= 11 is 0. The van der Waals surface area contributed by atoms with Crippen molar-refractivity contribution in [1.29, 1.82) is 0 Å². The molecular weight excluding hydrogens is 346 g/mol. The molecule has 0 aliphatic rings. The highest BCUT2D eigenvalue weighted by molar-refractivity contribution is 5.95. The van der Waals surface area contributed by atoms with Crippen molar-refractivity contribution < 1.29 is 23.5 Å². The molecule has 0 aliphatic carbocycles. The maximum Gasteiger partial charge on any atom is 0.374 e. The van der Waals surface area contributed by atoms with Gasteiger partial charge in [0.1, 0.15) is 5.76 Å². The predicted molar refractivity (Wildman–Crippen MR) is 99.5 cm³/mol. The van der Waals surface area contributed by atoms with Gasteiger partial charge in [-0.3, -0.25) is 9.59 Å². The Bertz CT molecular complexity index is 958. The van der Waals surface area contributed by atoms with Crippen LogP contribution in [0.4, 0.5) is 5.69 Å².